The van der Waals surface area contributed by atoms with Crippen LogP contribution in [0.4, 0.5) is 23.1 Å². The highest BCUT2D eigenvalue weighted by atomic mass is 79.9. The minimum absolute atomic E-state index is 0.229. The second kappa shape index (κ2) is 8.27. The molecule has 0 amide bonds. The Kier molecular flexibility index (Phi) is 5.67. The van der Waals surface area contributed by atoms with E-state index in [1.54, 1.807) is 55.2 Å². The lowest BCUT2D eigenvalue weighted by Crippen LogP contribution is -2.15. The highest BCUT2D eigenvalue weighted by molar-refractivity contribution is 9.10. The second-order valence-electron chi connectivity index (χ2n) is 7.27. The number of halogens is 1. The van der Waals surface area contributed by atoms with Gasteiger partial charge in [0.15, 0.2) is 9.84 Å². The number of hydrogen-bond donors (Lipinski definition) is 2. The first-order valence-electron chi connectivity index (χ1n) is 9.57. The van der Waals surface area contributed by atoms with E-state index >= 15 is 0 Å². The van der Waals surface area contributed by atoms with E-state index in [4.69, 9.17) is 0 Å². The van der Waals surface area contributed by atoms with Crippen molar-refractivity contribution in [2.75, 3.05) is 10.6 Å². The highest BCUT2D eigenvalue weighted by Crippen LogP contribution is 2.31. The fourth-order valence-electron chi connectivity index (χ4n) is 3.09. The number of rotatable bonds is 6. The summed E-state index contributed by atoms with van der Waals surface area (Å²) in [6, 6.07) is 12.6. The first kappa shape index (κ1) is 21.3. The molecule has 31 heavy (non-hydrogen) atoms. The molecule has 0 atom stereocenters. The van der Waals surface area contributed by atoms with E-state index < -0.39 is 15.1 Å². The van der Waals surface area contributed by atoms with Crippen molar-refractivity contribution in [2.45, 2.75) is 24.0 Å². The van der Waals surface area contributed by atoms with Crippen LogP contribution in [-0.2, 0) is 16.9 Å². The van der Waals surface area contributed by atoms with Crippen LogP contribution in [0, 0.1) is 0 Å². The second-order valence-corrected chi connectivity index (χ2v) is 10.6. The zero-order valence-corrected chi connectivity index (χ0v) is 19.6. The Morgan fingerprint density at radius 1 is 1.06 bits per heavy atom. The fraction of sp³-hybridized carbons (Fsp3) is 0.190. The molecule has 0 aliphatic rings. The van der Waals surface area contributed by atoms with E-state index in [0.717, 1.165) is 16.6 Å². The smallest absolute Gasteiger partial charge is 0.229 e. The molecule has 2 heterocycles. The van der Waals surface area contributed by atoms with Crippen molar-refractivity contribution in [3.63, 3.8) is 0 Å². The number of fused-ring (bicyclic) bond motifs is 1. The van der Waals surface area contributed by atoms with Gasteiger partial charge in [-0.05, 0) is 60.1 Å². The summed E-state index contributed by atoms with van der Waals surface area (Å²) in [5.74, 6) is 0.824. The number of para-hydroxylation sites is 1. The van der Waals surface area contributed by atoms with E-state index in [-0.39, 0.29) is 4.90 Å². The first-order chi connectivity index (χ1) is 14.8. The normalized spacial score (nSPS) is 11.8. The first-order valence-corrected chi connectivity index (χ1v) is 11.9. The molecule has 10 heteroatoms. The molecular weight excluding hydrogens is 480 g/mol. The molecule has 2 aromatic carbocycles. The minimum atomic E-state index is -3.46. The quantitative estimate of drug-likeness (QED) is 0.392. The Morgan fingerprint density at radius 2 is 1.84 bits per heavy atom. The third-order valence-corrected chi connectivity index (χ3v) is 7.60. The average Bonchev–Trinajstić information content (AvgIpc) is 3.11. The number of benzene rings is 2. The molecule has 4 aromatic rings. The number of hydrogen-bond acceptors (Lipinski definition) is 7. The van der Waals surface area contributed by atoms with Crippen LogP contribution >= 0.6 is 15.9 Å². The van der Waals surface area contributed by atoms with E-state index in [0.29, 0.717) is 21.9 Å². The Labute approximate surface area is 188 Å². The third kappa shape index (κ3) is 4.26. The van der Waals surface area contributed by atoms with Gasteiger partial charge in [-0.15, -0.1) is 0 Å². The summed E-state index contributed by atoms with van der Waals surface area (Å²) >= 11 is 3.44. The van der Waals surface area contributed by atoms with Crippen molar-refractivity contribution in [3.05, 3.63) is 59.3 Å². The van der Waals surface area contributed by atoms with Crippen LogP contribution in [0.25, 0.3) is 10.9 Å². The topological polar surface area (TPSA) is 102 Å². The lowest BCUT2D eigenvalue weighted by atomic mass is 10.2. The summed E-state index contributed by atoms with van der Waals surface area (Å²) in [6.45, 7) is 3.32. The van der Waals surface area contributed by atoms with Crippen LogP contribution in [-0.4, -0.2) is 33.4 Å². The maximum absolute atomic E-state index is 12.7. The van der Waals surface area contributed by atoms with Crippen molar-refractivity contribution in [1.29, 1.82) is 0 Å². The molecule has 2 aromatic heterocycles. The van der Waals surface area contributed by atoms with Crippen LogP contribution in [0.2, 0.25) is 0 Å². The predicted octanol–water partition coefficient (Wildman–Crippen LogP) is 4.80. The average molecular weight is 501 g/mol. The molecule has 0 saturated carbocycles. The van der Waals surface area contributed by atoms with E-state index in [1.165, 1.54) is 0 Å². The molecule has 0 aliphatic heterocycles. The summed E-state index contributed by atoms with van der Waals surface area (Å²) in [5, 5.41) is 11.0. The Morgan fingerprint density at radius 3 is 2.61 bits per heavy atom. The zero-order valence-electron chi connectivity index (χ0n) is 17.2. The van der Waals surface area contributed by atoms with Crippen LogP contribution in [0.1, 0.15) is 13.8 Å². The molecule has 2 N–H and O–H groups in total. The summed E-state index contributed by atoms with van der Waals surface area (Å²) in [4.78, 5) is 9.06. The maximum atomic E-state index is 12.7. The standard InChI is InChI=1S/C21H21BrN6O2S/c1-13(2)31(29,30)19-7-5-4-6-17(19)26-20-16(22)12-23-21(27-20)25-15-8-9-18-14(10-15)11-24-28(18)3/h4-13H,1-3H3,(H2,23,25,26,27). The molecule has 0 unspecified atom stereocenters. The lowest BCUT2D eigenvalue weighted by molar-refractivity contribution is 0.588. The monoisotopic (exact) mass is 500 g/mol. The van der Waals surface area contributed by atoms with Crippen LogP contribution in [0.15, 0.2) is 64.2 Å². The summed E-state index contributed by atoms with van der Waals surface area (Å²) in [6.07, 6.45) is 3.40. The minimum Gasteiger partial charge on any atom is -0.338 e. The van der Waals surface area contributed by atoms with Crippen molar-refractivity contribution in [1.82, 2.24) is 19.7 Å². The van der Waals surface area contributed by atoms with Gasteiger partial charge in [0.25, 0.3) is 0 Å². The fourth-order valence-corrected chi connectivity index (χ4v) is 4.58. The number of aryl methyl sites for hydroxylation is 1. The van der Waals surface area contributed by atoms with Gasteiger partial charge in [0, 0.05) is 24.3 Å². The van der Waals surface area contributed by atoms with Crippen LogP contribution < -0.4 is 10.6 Å². The molecule has 0 fully saturated rings. The Hall–Kier alpha value is -2.98. The van der Waals surface area contributed by atoms with Gasteiger partial charge in [-0.1, -0.05) is 12.1 Å². The molecule has 0 aliphatic carbocycles. The summed E-state index contributed by atoms with van der Waals surface area (Å²) < 4.78 is 27.9. The Bertz CT molecular complexity index is 1370. The number of nitrogens with one attached hydrogen (secondary N) is 2. The van der Waals surface area contributed by atoms with Gasteiger partial charge in [-0.3, -0.25) is 4.68 Å². The van der Waals surface area contributed by atoms with Gasteiger partial charge in [-0.2, -0.15) is 10.1 Å². The molecule has 8 nitrogen and oxygen atoms in total. The molecule has 0 saturated heterocycles. The Balaban J connectivity index is 1.65. The summed E-state index contributed by atoms with van der Waals surface area (Å²) in [7, 11) is -1.57. The summed E-state index contributed by atoms with van der Waals surface area (Å²) in [5.41, 5.74) is 2.29. The van der Waals surface area contributed by atoms with Crippen LogP contribution in [0.5, 0.6) is 0 Å². The molecule has 0 spiro atoms. The van der Waals surface area contributed by atoms with Crippen molar-refractivity contribution in [3.8, 4) is 0 Å². The van der Waals surface area contributed by atoms with Gasteiger partial charge in [0.1, 0.15) is 5.82 Å². The van der Waals surface area contributed by atoms with Gasteiger partial charge < -0.3 is 10.6 Å². The predicted molar refractivity (Wildman–Crippen MR) is 126 cm³/mol. The van der Waals surface area contributed by atoms with E-state index in [1.807, 2.05) is 25.2 Å². The largest absolute Gasteiger partial charge is 0.338 e. The number of aromatic nitrogens is 4. The molecule has 0 radical (unpaired) electrons. The number of sulfone groups is 1. The van der Waals surface area contributed by atoms with Gasteiger partial charge in [0.2, 0.25) is 5.95 Å². The zero-order chi connectivity index (χ0) is 22.2. The van der Waals surface area contributed by atoms with Crippen molar-refractivity contribution < 1.29 is 8.42 Å². The third-order valence-electron chi connectivity index (χ3n) is 4.81. The lowest BCUT2D eigenvalue weighted by Gasteiger charge is -2.15. The number of nitrogens with zero attached hydrogens (tertiary/aromatic N) is 4. The van der Waals surface area contributed by atoms with Gasteiger partial charge >= 0.3 is 0 Å². The van der Waals surface area contributed by atoms with Gasteiger partial charge in [0.05, 0.1) is 32.0 Å². The van der Waals surface area contributed by atoms with E-state index in [2.05, 4.69) is 41.6 Å². The van der Waals surface area contributed by atoms with E-state index in [9.17, 15) is 8.42 Å². The number of anilines is 4. The molecule has 160 valence electrons. The van der Waals surface area contributed by atoms with Crippen molar-refractivity contribution in [2.24, 2.45) is 7.05 Å². The molecular formula is C21H21BrN6O2S. The SMILES string of the molecule is CC(C)S(=O)(=O)c1ccccc1Nc1nc(Nc2ccc3c(cnn3C)c2)ncc1Br. The van der Waals surface area contributed by atoms with Gasteiger partial charge in [-0.25, -0.2) is 13.4 Å². The maximum Gasteiger partial charge on any atom is 0.229 e. The molecule has 4 rings (SSSR count). The highest BCUT2D eigenvalue weighted by Gasteiger charge is 2.23. The van der Waals surface area contributed by atoms with Crippen LogP contribution in [0.3, 0.4) is 0 Å². The molecule has 0 bridgehead atoms. The van der Waals surface area contributed by atoms with Crippen molar-refractivity contribution >= 4 is 59.8 Å².